The molecule has 0 rings (SSSR count). The lowest BCUT2D eigenvalue weighted by atomic mass is 10.4. The lowest BCUT2D eigenvalue weighted by molar-refractivity contribution is -0.127. The molecule has 0 spiro atoms. The van der Waals surface area contributed by atoms with Gasteiger partial charge in [-0.05, 0) is 6.08 Å². The zero-order valence-electron chi connectivity index (χ0n) is 10.6. The summed E-state index contributed by atoms with van der Waals surface area (Å²) in [5.74, 6) is -4.49. The molecule has 0 aliphatic carbocycles. The molecule has 0 heterocycles. The zero-order chi connectivity index (χ0) is 16.3. The first-order chi connectivity index (χ1) is 9.85. The van der Waals surface area contributed by atoms with Gasteiger partial charge in [0.15, 0.2) is 0 Å². The van der Waals surface area contributed by atoms with E-state index >= 15 is 0 Å². The van der Waals surface area contributed by atoms with E-state index in [2.05, 4.69) is 0 Å². The topological polar surface area (TPSA) is 152 Å². The molecule has 4 N–H and O–H groups in total. The molecule has 9 heteroatoms. The standard InChI is InChI=1S/C12H11N3O6/c13-8(17)3-4-10(19)15-12(21)6-5-11(20)14-9(18)2-1-7-16/h1-7H,(H2,13,17)(H,14,18,20)(H,15,19,21)/b2-1-,4-3-,6-5-. The van der Waals surface area contributed by atoms with Crippen LogP contribution in [0.4, 0.5) is 0 Å². The summed E-state index contributed by atoms with van der Waals surface area (Å²) in [4.78, 5) is 64.6. The number of aldehydes is 1. The first-order valence-corrected chi connectivity index (χ1v) is 5.32. The molecule has 0 aliphatic heterocycles. The number of nitrogens with one attached hydrogen (secondary N) is 2. The van der Waals surface area contributed by atoms with Crippen LogP contribution in [0.3, 0.4) is 0 Å². The summed E-state index contributed by atoms with van der Waals surface area (Å²) in [7, 11) is 0. The normalized spacial score (nSPS) is 10.7. The van der Waals surface area contributed by atoms with Gasteiger partial charge in [0.05, 0.1) is 0 Å². The Bertz CT molecular complexity index is 559. The number of allylic oxidation sites excluding steroid dienone is 1. The van der Waals surface area contributed by atoms with Gasteiger partial charge in [-0.3, -0.25) is 39.4 Å². The van der Waals surface area contributed by atoms with Crippen molar-refractivity contribution in [2.24, 2.45) is 5.73 Å². The second-order valence-corrected chi connectivity index (χ2v) is 3.27. The van der Waals surface area contributed by atoms with E-state index in [-0.39, 0.29) is 0 Å². The van der Waals surface area contributed by atoms with Gasteiger partial charge in [0.2, 0.25) is 5.91 Å². The Labute approximate surface area is 118 Å². The third-order valence-corrected chi connectivity index (χ3v) is 1.60. The Morgan fingerprint density at radius 2 is 1.05 bits per heavy atom. The van der Waals surface area contributed by atoms with Crippen molar-refractivity contribution in [3.63, 3.8) is 0 Å². The van der Waals surface area contributed by atoms with Crippen LogP contribution in [0.1, 0.15) is 0 Å². The van der Waals surface area contributed by atoms with Crippen molar-refractivity contribution in [1.82, 2.24) is 10.6 Å². The monoisotopic (exact) mass is 293 g/mol. The molecule has 110 valence electrons. The van der Waals surface area contributed by atoms with Crippen LogP contribution in [0, 0.1) is 0 Å². The van der Waals surface area contributed by atoms with Crippen LogP contribution in [0.15, 0.2) is 36.5 Å². The molecule has 0 aromatic rings. The summed E-state index contributed by atoms with van der Waals surface area (Å²) in [5, 5.41) is 3.61. The molecule has 0 unspecified atom stereocenters. The van der Waals surface area contributed by atoms with E-state index < -0.39 is 29.5 Å². The van der Waals surface area contributed by atoms with E-state index in [0.717, 1.165) is 24.3 Å². The highest BCUT2D eigenvalue weighted by atomic mass is 16.2. The van der Waals surface area contributed by atoms with Gasteiger partial charge < -0.3 is 5.73 Å². The molecule has 0 aromatic carbocycles. The van der Waals surface area contributed by atoms with E-state index in [0.29, 0.717) is 18.4 Å². The number of carbonyl (C=O) groups is 6. The van der Waals surface area contributed by atoms with Crippen LogP contribution >= 0.6 is 0 Å². The summed E-state index contributed by atoms with van der Waals surface area (Å²) < 4.78 is 0. The molecule has 0 bridgehead atoms. The van der Waals surface area contributed by atoms with Crippen molar-refractivity contribution < 1.29 is 28.8 Å². The Kier molecular flexibility index (Phi) is 8.03. The lowest BCUT2D eigenvalue weighted by Crippen LogP contribution is -2.29. The highest BCUT2D eigenvalue weighted by Crippen LogP contribution is 1.80. The minimum Gasteiger partial charge on any atom is -0.366 e. The lowest BCUT2D eigenvalue weighted by Gasteiger charge is -1.96. The highest BCUT2D eigenvalue weighted by molar-refractivity contribution is 6.10. The van der Waals surface area contributed by atoms with Crippen LogP contribution in [-0.2, 0) is 28.8 Å². The fourth-order valence-corrected chi connectivity index (χ4v) is 0.845. The number of hydrogen-bond acceptors (Lipinski definition) is 6. The van der Waals surface area contributed by atoms with Crippen LogP contribution < -0.4 is 16.4 Å². The van der Waals surface area contributed by atoms with Crippen molar-refractivity contribution >= 4 is 35.8 Å². The molecule has 0 aromatic heterocycles. The van der Waals surface area contributed by atoms with Crippen molar-refractivity contribution in [2.75, 3.05) is 0 Å². The molecule has 0 radical (unpaired) electrons. The predicted octanol–water partition coefficient (Wildman–Crippen LogP) is -2.38. The number of hydrogen-bond donors (Lipinski definition) is 3. The van der Waals surface area contributed by atoms with E-state index in [1.807, 2.05) is 5.32 Å². The van der Waals surface area contributed by atoms with Crippen LogP contribution in [0.2, 0.25) is 0 Å². The molecule has 21 heavy (non-hydrogen) atoms. The SMILES string of the molecule is NC(=O)/C=C\C(=O)NC(=O)/C=C\C(=O)NC(=O)/C=C\C=O. The van der Waals surface area contributed by atoms with Crippen LogP contribution in [0.25, 0.3) is 0 Å². The molecule has 9 nitrogen and oxygen atoms in total. The van der Waals surface area contributed by atoms with Gasteiger partial charge in [-0.1, -0.05) is 0 Å². The molecule has 0 atom stereocenters. The maximum Gasteiger partial charge on any atom is 0.250 e. The second kappa shape index (κ2) is 9.55. The van der Waals surface area contributed by atoms with Gasteiger partial charge in [0.25, 0.3) is 23.6 Å². The third kappa shape index (κ3) is 10.3. The van der Waals surface area contributed by atoms with E-state index in [1.165, 1.54) is 0 Å². The Morgan fingerprint density at radius 1 is 0.667 bits per heavy atom. The maximum atomic E-state index is 11.2. The predicted molar refractivity (Wildman–Crippen MR) is 69.0 cm³/mol. The molecular formula is C12H11N3O6. The van der Waals surface area contributed by atoms with Gasteiger partial charge in [-0.15, -0.1) is 0 Å². The number of amides is 5. The minimum atomic E-state index is -0.944. The number of primary amides is 1. The molecule has 5 amide bonds. The third-order valence-electron chi connectivity index (χ3n) is 1.60. The summed E-state index contributed by atoms with van der Waals surface area (Å²) in [6.07, 6.45) is 4.92. The first-order valence-electron chi connectivity index (χ1n) is 5.32. The van der Waals surface area contributed by atoms with E-state index in [4.69, 9.17) is 5.73 Å². The van der Waals surface area contributed by atoms with E-state index in [9.17, 15) is 28.8 Å². The first kappa shape index (κ1) is 17.6. The number of imide groups is 2. The fraction of sp³-hybridized carbons (Fsp3) is 0. The largest absolute Gasteiger partial charge is 0.366 e. The number of carbonyl (C=O) groups excluding carboxylic acids is 6. The van der Waals surface area contributed by atoms with Crippen molar-refractivity contribution in [3.05, 3.63) is 36.5 Å². The number of nitrogens with two attached hydrogens (primary N) is 1. The number of rotatable bonds is 6. The molecule has 0 aliphatic rings. The van der Waals surface area contributed by atoms with Gasteiger partial charge in [-0.25, -0.2) is 0 Å². The van der Waals surface area contributed by atoms with Crippen LogP contribution in [0.5, 0.6) is 0 Å². The highest BCUT2D eigenvalue weighted by Gasteiger charge is 2.04. The summed E-state index contributed by atoms with van der Waals surface area (Å²) >= 11 is 0. The van der Waals surface area contributed by atoms with Gasteiger partial charge in [-0.2, -0.15) is 0 Å². The summed E-state index contributed by atoms with van der Waals surface area (Å²) in [6, 6.07) is 0. The molecule has 0 fully saturated rings. The average Bonchev–Trinajstić information content (AvgIpc) is 2.40. The van der Waals surface area contributed by atoms with Crippen molar-refractivity contribution in [3.8, 4) is 0 Å². The van der Waals surface area contributed by atoms with Gasteiger partial charge >= 0.3 is 0 Å². The summed E-state index contributed by atoms with van der Waals surface area (Å²) in [5.41, 5.74) is 4.73. The second-order valence-electron chi connectivity index (χ2n) is 3.27. The Hall–Kier alpha value is -3.36. The Morgan fingerprint density at radius 3 is 1.43 bits per heavy atom. The van der Waals surface area contributed by atoms with Gasteiger partial charge in [0.1, 0.15) is 6.29 Å². The maximum absolute atomic E-state index is 11.2. The van der Waals surface area contributed by atoms with Crippen molar-refractivity contribution in [1.29, 1.82) is 0 Å². The zero-order valence-corrected chi connectivity index (χ0v) is 10.6. The van der Waals surface area contributed by atoms with Gasteiger partial charge in [0, 0.05) is 30.4 Å². The van der Waals surface area contributed by atoms with Crippen LogP contribution in [-0.4, -0.2) is 35.8 Å². The fourth-order valence-electron chi connectivity index (χ4n) is 0.845. The molecular weight excluding hydrogens is 282 g/mol. The minimum absolute atomic E-state index is 0.346. The average molecular weight is 293 g/mol. The van der Waals surface area contributed by atoms with E-state index in [1.54, 1.807) is 5.32 Å². The smallest absolute Gasteiger partial charge is 0.250 e. The molecule has 0 saturated carbocycles. The summed E-state index contributed by atoms with van der Waals surface area (Å²) in [6.45, 7) is 0. The van der Waals surface area contributed by atoms with Crippen molar-refractivity contribution in [2.45, 2.75) is 0 Å². The Balaban J connectivity index is 4.31. The molecule has 0 saturated heterocycles. The quantitative estimate of drug-likeness (QED) is 0.367.